The standard InChI is InChI=1S/C14H22ClN/c1-4-16(10-6-9-15)11-14-12(2)7-5-8-13(14)3/h5,7-8H,4,6,9-11H2,1-3H3. The van der Waals surface area contributed by atoms with Crippen LogP contribution in [0.15, 0.2) is 18.2 Å². The lowest BCUT2D eigenvalue weighted by Crippen LogP contribution is -2.25. The Morgan fingerprint density at radius 1 is 1.19 bits per heavy atom. The normalized spacial score (nSPS) is 11.1. The third-order valence-corrected chi connectivity index (χ3v) is 3.35. The predicted octanol–water partition coefficient (Wildman–Crippen LogP) is 3.75. The Morgan fingerprint density at radius 2 is 1.81 bits per heavy atom. The van der Waals surface area contributed by atoms with Gasteiger partial charge in [0.05, 0.1) is 0 Å². The van der Waals surface area contributed by atoms with Crippen molar-refractivity contribution in [3.05, 3.63) is 34.9 Å². The molecule has 2 heteroatoms. The van der Waals surface area contributed by atoms with E-state index in [1.54, 1.807) is 0 Å². The molecule has 1 rings (SSSR count). The average Bonchev–Trinajstić information content (AvgIpc) is 2.28. The number of halogens is 1. The van der Waals surface area contributed by atoms with Crippen LogP contribution in [0.25, 0.3) is 0 Å². The first-order chi connectivity index (χ1) is 7.69. The summed E-state index contributed by atoms with van der Waals surface area (Å²) in [6, 6.07) is 6.51. The highest BCUT2D eigenvalue weighted by atomic mass is 35.5. The molecule has 0 aliphatic rings. The second-order valence-electron chi connectivity index (χ2n) is 4.28. The smallest absolute Gasteiger partial charge is 0.0238 e. The van der Waals surface area contributed by atoms with Crippen LogP contribution in [-0.4, -0.2) is 23.9 Å². The first kappa shape index (κ1) is 13.5. The fourth-order valence-corrected chi connectivity index (χ4v) is 2.07. The molecular formula is C14H22ClN. The molecule has 0 bridgehead atoms. The van der Waals surface area contributed by atoms with E-state index in [9.17, 15) is 0 Å². The van der Waals surface area contributed by atoms with Crippen LogP contribution < -0.4 is 0 Å². The fourth-order valence-electron chi connectivity index (χ4n) is 1.95. The lowest BCUT2D eigenvalue weighted by atomic mass is 10.0. The van der Waals surface area contributed by atoms with Crippen LogP contribution in [0.2, 0.25) is 0 Å². The number of aryl methyl sites for hydroxylation is 2. The summed E-state index contributed by atoms with van der Waals surface area (Å²) in [5.74, 6) is 0.753. The van der Waals surface area contributed by atoms with Crippen LogP contribution in [0.3, 0.4) is 0 Å². The van der Waals surface area contributed by atoms with Crippen LogP contribution in [0.4, 0.5) is 0 Å². The van der Waals surface area contributed by atoms with Gasteiger partial charge in [-0.25, -0.2) is 0 Å². The van der Waals surface area contributed by atoms with Crippen molar-refractivity contribution in [1.29, 1.82) is 0 Å². The number of hydrogen-bond donors (Lipinski definition) is 0. The van der Waals surface area contributed by atoms with Crippen molar-refractivity contribution in [3.8, 4) is 0 Å². The Bertz CT molecular complexity index is 302. The van der Waals surface area contributed by atoms with Crippen molar-refractivity contribution >= 4 is 11.6 Å². The van der Waals surface area contributed by atoms with Gasteiger partial charge in [-0.05, 0) is 50.0 Å². The van der Waals surface area contributed by atoms with Gasteiger partial charge in [0.15, 0.2) is 0 Å². The van der Waals surface area contributed by atoms with Gasteiger partial charge in [-0.2, -0.15) is 0 Å². The summed E-state index contributed by atoms with van der Waals surface area (Å²) in [5, 5.41) is 0. The number of benzene rings is 1. The number of alkyl halides is 1. The molecule has 1 aromatic rings. The Morgan fingerprint density at radius 3 is 2.31 bits per heavy atom. The molecule has 0 atom stereocenters. The van der Waals surface area contributed by atoms with E-state index < -0.39 is 0 Å². The Hall–Kier alpha value is -0.530. The number of nitrogens with zero attached hydrogens (tertiary/aromatic N) is 1. The first-order valence-corrected chi connectivity index (χ1v) is 6.56. The lowest BCUT2D eigenvalue weighted by Gasteiger charge is -2.22. The highest BCUT2D eigenvalue weighted by molar-refractivity contribution is 6.17. The Kier molecular flexibility index (Phi) is 5.86. The Labute approximate surface area is 104 Å². The van der Waals surface area contributed by atoms with E-state index in [2.05, 4.69) is 43.9 Å². The summed E-state index contributed by atoms with van der Waals surface area (Å²) in [5.41, 5.74) is 4.26. The van der Waals surface area contributed by atoms with Crippen molar-refractivity contribution in [2.75, 3.05) is 19.0 Å². The minimum absolute atomic E-state index is 0.753. The van der Waals surface area contributed by atoms with E-state index in [1.807, 2.05) is 0 Å². The molecule has 16 heavy (non-hydrogen) atoms. The molecule has 0 saturated heterocycles. The third-order valence-electron chi connectivity index (χ3n) is 3.08. The molecule has 0 aliphatic heterocycles. The highest BCUT2D eigenvalue weighted by Crippen LogP contribution is 2.15. The van der Waals surface area contributed by atoms with Crippen LogP contribution in [-0.2, 0) is 6.54 Å². The maximum atomic E-state index is 5.74. The monoisotopic (exact) mass is 239 g/mol. The third kappa shape index (κ3) is 3.80. The highest BCUT2D eigenvalue weighted by Gasteiger charge is 2.07. The number of hydrogen-bond acceptors (Lipinski definition) is 1. The van der Waals surface area contributed by atoms with Gasteiger partial charge in [-0.1, -0.05) is 25.1 Å². The molecule has 0 aromatic heterocycles. The van der Waals surface area contributed by atoms with E-state index in [0.717, 1.165) is 31.9 Å². The lowest BCUT2D eigenvalue weighted by molar-refractivity contribution is 0.280. The van der Waals surface area contributed by atoms with Crippen molar-refractivity contribution in [2.24, 2.45) is 0 Å². The molecule has 1 aromatic carbocycles. The van der Waals surface area contributed by atoms with Crippen molar-refractivity contribution in [3.63, 3.8) is 0 Å². The largest absolute Gasteiger partial charge is 0.299 e. The zero-order valence-electron chi connectivity index (χ0n) is 10.6. The second-order valence-corrected chi connectivity index (χ2v) is 4.66. The molecule has 0 fully saturated rings. The molecule has 1 nitrogen and oxygen atoms in total. The second kappa shape index (κ2) is 6.93. The average molecular weight is 240 g/mol. The fraction of sp³-hybridized carbons (Fsp3) is 0.571. The van der Waals surface area contributed by atoms with E-state index in [1.165, 1.54) is 16.7 Å². The van der Waals surface area contributed by atoms with Crippen molar-refractivity contribution in [1.82, 2.24) is 4.90 Å². The summed E-state index contributed by atoms with van der Waals surface area (Å²) in [4.78, 5) is 2.46. The molecule has 0 spiro atoms. The quantitative estimate of drug-likeness (QED) is 0.684. The first-order valence-electron chi connectivity index (χ1n) is 6.02. The number of rotatable bonds is 6. The van der Waals surface area contributed by atoms with Crippen LogP contribution in [0.1, 0.15) is 30.0 Å². The summed E-state index contributed by atoms with van der Waals surface area (Å²) >= 11 is 5.74. The van der Waals surface area contributed by atoms with Gasteiger partial charge < -0.3 is 0 Å². The van der Waals surface area contributed by atoms with Crippen molar-refractivity contribution < 1.29 is 0 Å². The van der Waals surface area contributed by atoms with Gasteiger partial charge in [0.1, 0.15) is 0 Å². The maximum absolute atomic E-state index is 5.74. The predicted molar refractivity (Wildman–Crippen MR) is 72.2 cm³/mol. The van der Waals surface area contributed by atoms with Gasteiger partial charge >= 0.3 is 0 Å². The summed E-state index contributed by atoms with van der Waals surface area (Å²) in [6.45, 7) is 9.82. The topological polar surface area (TPSA) is 3.24 Å². The van der Waals surface area contributed by atoms with Gasteiger partial charge in [0.25, 0.3) is 0 Å². The summed E-state index contributed by atoms with van der Waals surface area (Å²) in [6.07, 6.45) is 1.07. The SMILES string of the molecule is CCN(CCCCl)Cc1c(C)cccc1C. The van der Waals surface area contributed by atoms with Gasteiger partial charge in [0, 0.05) is 12.4 Å². The van der Waals surface area contributed by atoms with Crippen LogP contribution in [0, 0.1) is 13.8 Å². The molecule has 0 N–H and O–H groups in total. The van der Waals surface area contributed by atoms with Gasteiger partial charge in [0.2, 0.25) is 0 Å². The zero-order chi connectivity index (χ0) is 12.0. The molecule has 0 heterocycles. The Balaban J connectivity index is 2.69. The summed E-state index contributed by atoms with van der Waals surface area (Å²) < 4.78 is 0. The molecular weight excluding hydrogens is 218 g/mol. The molecule has 0 aliphatic carbocycles. The summed E-state index contributed by atoms with van der Waals surface area (Å²) in [7, 11) is 0. The minimum Gasteiger partial charge on any atom is -0.299 e. The molecule has 0 amide bonds. The van der Waals surface area contributed by atoms with Gasteiger partial charge in [-0.3, -0.25) is 4.90 Å². The minimum atomic E-state index is 0.753. The molecule has 0 radical (unpaired) electrons. The molecule has 0 saturated carbocycles. The van der Waals surface area contributed by atoms with E-state index in [4.69, 9.17) is 11.6 Å². The van der Waals surface area contributed by atoms with E-state index in [-0.39, 0.29) is 0 Å². The molecule has 90 valence electrons. The van der Waals surface area contributed by atoms with Gasteiger partial charge in [-0.15, -0.1) is 11.6 Å². The van der Waals surface area contributed by atoms with E-state index in [0.29, 0.717) is 0 Å². The van der Waals surface area contributed by atoms with Crippen LogP contribution in [0.5, 0.6) is 0 Å². The maximum Gasteiger partial charge on any atom is 0.0238 e. The zero-order valence-corrected chi connectivity index (χ0v) is 11.3. The van der Waals surface area contributed by atoms with E-state index >= 15 is 0 Å². The van der Waals surface area contributed by atoms with Crippen molar-refractivity contribution in [2.45, 2.75) is 33.7 Å². The molecule has 0 unspecified atom stereocenters. The van der Waals surface area contributed by atoms with Crippen LogP contribution >= 0.6 is 11.6 Å².